The first kappa shape index (κ1) is 13.3. The van der Waals surface area contributed by atoms with Crippen molar-refractivity contribution in [3.8, 4) is 0 Å². The quantitative estimate of drug-likeness (QED) is 0.465. The maximum absolute atomic E-state index is 11.5. The van der Waals surface area contributed by atoms with Crippen LogP contribution in [0.4, 0.5) is 0 Å². The lowest BCUT2D eigenvalue weighted by molar-refractivity contribution is -0.136. The molecule has 3 nitrogen and oxygen atoms in total. The third kappa shape index (κ3) is 2.37. The predicted molar refractivity (Wildman–Crippen MR) is 69.9 cm³/mol. The minimum Gasteiger partial charge on any atom is -0.466 e. The Morgan fingerprint density at radius 2 is 2.17 bits per heavy atom. The van der Waals surface area contributed by atoms with Crippen molar-refractivity contribution < 1.29 is 14.6 Å². The molecule has 0 heterocycles. The molecular weight excluding hydrogens is 228 g/mol. The number of fused-ring (bicyclic) bond motifs is 1. The Bertz CT molecular complexity index is 406. The number of carbonyl (C=O) groups excluding carboxylic acids is 1. The second kappa shape index (κ2) is 5.27. The molecule has 2 unspecified atom stereocenters. The SMILES string of the molecule is COC(=O)/C(C)=C/[C@@H]1CCCC2C1=C(C)CC2O. The van der Waals surface area contributed by atoms with Crippen LogP contribution in [0.2, 0.25) is 0 Å². The van der Waals surface area contributed by atoms with Crippen molar-refractivity contribution in [3.63, 3.8) is 0 Å². The molecule has 1 fully saturated rings. The Morgan fingerprint density at radius 3 is 2.83 bits per heavy atom. The lowest BCUT2D eigenvalue weighted by atomic mass is 9.76. The molecule has 0 aliphatic heterocycles. The van der Waals surface area contributed by atoms with E-state index >= 15 is 0 Å². The number of aliphatic hydroxyl groups is 1. The second-order valence-electron chi connectivity index (χ2n) is 5.49. The van der Waals surface area contributed by atoms with E-state index in [1.807, 2.05) is 6.08 Å². The number of hydrogen-bond donors (Lipinski definition) is 1. The fraction of sp³-hybridized carbons (Fsp3) is 0.667. The van der Waals surface area contributed by atoms with E-state index in [0.717, 1.165) is 25.7 Å². The van der Waals surface area contributed by atoms with Crippen molar-refractivity contribution in [2.24, 2.45) is 11.8 Å². The zero-order valence-corrected chi connectivity index (χ0v) is 11.4. The van der Waals surface area contributed by atoms with Crippen LogP contribution in [0.3, 0.4) is 0 Å². The molecule has 3 atom stereocenters. The molecule has 1 saturated carbocycles. The topological polar surface area (TPSA) is 46.5 Å². The van der Waals surface area contributed by atoms with Gasteiger partial charge in [0.15, 0.2) is 0 Å². The average Bonchev–Trinajstić information content (AvgIpc) is 2.65. The van der Waals surface area contributed by atoms with Crippen molar-refractivity contribution in [2.45, 2.75) is 45.6 Å². The zero-order valence-electron chi connectivity index (χ0n) is 11.4. The summed E-state index contributed by atoms with van der Waals surface area (Å²) in [6.45, 7) is 3.91. The van der Waals surface area contributed by atoms with Crippen LogP contribution in [0.25, 0.3) is 0 Å². The van der Waals surface area contributed by atoms with Gasteiger partial charge in [-0.05, 0) is 39.0 Å². The Kier molecular flexibility index (Phi) is 3.91. The molecule has 0 radical (unpaired) electrons. The normalized spacial score (nSPS) is 32.4. The van der Waals surface area contributed by atoms with Crippen LogP contribution in [-0.2, 0) is 9.53 Å². The summed E-state index contributed by atoms with van der Waals surface area (Å²) in [5, 5.41) is 10.0. The summed E-state index contributed by atoms with van der Waals surface area (Å²) < 4.78 is 4.74. The standard InChI is InChI=1S/C15H22O3/c1-9-8-13(16)12-6-4-5-11(14(9)12)7-10(2)15(17)18-3/h7,11-13,16H,4-6,8H2,1-3H3/b10-7+/t11-,12?,13?/m0/s1. The Hall–Kier alpha value is -1.09. The minimum absolute atomic E-state index is 0.213. The van der Waals surface area contributed by atoms with Gasteiger partial charge in [0, 0.05) is 11.5 Å². The average molecular weight is 250 g/mol. The van der Waals surface area contributed by atoms with Crippen molar-refractivity contribution in [3.05, 3.63) is 22.8 Å². The highest BCUT2D eigenvalue weighted by Crippen LogP contribution is 2.45. The highest BCUT2D eigenvalue weighted by atomic mass is 16.5. The van der Waals surface area contributed by atoms with Gasteiger partial charge in [-0.15, -0.1) is 0 Å². The highest BCUT2D eigenvalue weighted by molar-refractivity contribution is 5.87. The third-order valence-corrected chi connectivity index (χ3v) is 4.26. The van der Waals surface area contributed by atoms with E-state index < -0.39 is 0 Å². The summed E-state index contributed by atoms with van der Waals surface area (Å²) in [6, 6.07) is 0. The van der Waals surface area contributed by atoms with Crippen LogP contribution in [-0.4, -0.2) is 24.3 Å². The van der Waals surface area contributed by atoms with E-state index in [2.05, 4.69) is 6.92 Å². The lowest BCUT2D eigenvalue weighted by Crippen LogP contribution is -2.24. The van der Waals surface area contributed by atoms with E-state index in [1.54, 1.807) is 6.92 Å². The first-order chi connectivity index (χ1) is 8.54. The van der Waals surface area contributed by atoms with Crippen molar-refractivity contribution in [2.75, 3.05) is 7.11 Å². The molecular formula is C15H22O3. The van der Waals surface area contributed by atoms with Gasteiger partial charge in [0.2, 0.25) is 0 Å². The molecule has 0 aromatic heterocycles. The monoisotopic (exact) mass is 250 g/mol. The minimum atomic E-state index is -0.256. The Morgan fingerprint density at radius 1 is 1.44 bits per heavy atom. The summed E-state index contributed by atoms with van der Waals surface area (Å²) in [5.41, 5.74) is 3.35. The molecule has 3 heteroatoms. The summed E-state index contributed by atoms with van der Waals surface area (Å²) >= 11 is 0. The van der Waals surface area contributed by atoms with E-state index in [1.165, 1.54) is 18.3 Å². The number of aliphatic hydroxyl groups excluding tert-OH is 1. The first-order valence-electron chi connectivity index (χ1n) is 6.69. The van der Waals surface area contributed by atoms with Crippen LogP contribution in [0.1, 0.15) is 39.5 Å². The van der Waals surface area contributed by atoms with Crippen LogP contribution in [0, 0.1) is 11.8 Å². The van der Waals surface area contributed by atoms with Gasteiger partial charge in [-0.3, -0.25) is 0 Å². The molecule has 0 saturated heterocycles. The number of ether oxygens (including phenoxy) is 1. The van der Waals surface area contributed by atoms with Gasteiger partial charge in [-0.1, -0.05) is 23.6 Å². The predicted octanol–water partition coefficient (Wildman–Crippen LogP) is 2.60. The van der Waals surface area contributed by atoms with E-state index in [0.29, 0.717) is 17.4 Å². The van der Waals surface area contributed by atoms with Crippen molar-refractivity contribution in [1.82, 2.24) is 0 Å². The molecule has 0 amide bonds. The summed E-state index contributed by atoms with van der Waals surface area (Å²) in [5.74, 6) is 0.361. The molecule has 18 heavy (non-hydrogen) atoms. The lowest BCUT2D eigenvalue weighted by Gasteiger charge is -2.30. The molecule has 0 aromatic rings. The number of carbonyl (C=O) groups is 1. The van der Waals surface area contributed by atoms with Crippen LogP contribution < -0.4 is 0 Å². The van der Waals surface area contributed by atoms with E-state index in [-0.39, 0.29) is 12.1 Å². The molecule has 0 bridgehead atoms. The number of rotatable bonds is 2. The van der Waals surface area contributed by atoms with Gasteiger partial charge in [-0.25, -0.2) is 4.79 Å². The summed E-state index contributed by atoms with van der Waals surface area (Å²) in [4.78, 5) is 11.5. The van der Waals surface area contributed by atoms with E-state index in [9.17, 15) is 9.90 Å². The first-order valence-corrected chi connectivity index (χ1v) is 6.69. The highest BCUT2D eigenvalue weighted by Gasteiger charge is 2.37. The molecule has 0 aromatic carbocycles. The van der Waals surface area contributed by atoms with Crippen LogP contribution in [0.5, 0.6) is 0 Å². The second-order valence-corrected chi connectivity index (χ2v) is 5.49. The van der Waals surface area contributed by atoms with Gasteiger partial charge >= 0.3 is 5.97 Å². The van der Waals surface area contributed by atoms with Gasteiger partial charge in [0.1, 0.15) is 0 Å². The Labute approximate surface area is 109 Å². The molecule has 100 valence electrons. The Balaban J connectivity index is 2.23. The smallest absolute Gasteiger partial charge is 0.333 e. The molecule has 1 N–H and O–H groups in total. The van der Waals surface area contributed by atoms with Crippen molar-refractivity contribution in [1.29, 1.82) is 0 Å². The number of allylic oxidation sites excluding steroid dienone is 1. The molecule has 2 aliphatic rings. The van der Waals surface area contributed by atoms with Crippen LogP contribution in [0.15, 0.2) is 22.8 Å². The summed E-state index contributed by atoms with van der Waals surface area (Å²) in [6.07, 6.45) is 5.87. The van der Waals surface area contributed by atoms with Gasteiger partial charge < -0.3 is 9.84 Å². The zero-order chi connectivity index (χ0) is 13.3. The molecule has 0 spiro atoms. The van der Waals surface area contributed by atoms with Gasteiger partial charge in [0.25, 0.3) is 0 Å². The molecule has 2 rings (SSSR count). The summed E-state index contributed by atoms with van der Waals surface area (Å²) in [7, 11) is 1.41. The van der Waals surface area contributed by atoms with Gasteiger partial charge in [-0.2, -0.15) is 0 Å². The fourth-order valence-corrected chi connectivity index (χ4v) is 3.45. The maximum Gasteiger partial charge on any atom is 0.333 e. The van der Waals surface area contributed by atoms with E-state index in [4.69, 9.17) is 4.74 Å². The van der Waals surface area contributed by atoms with Gasteiger partial charge in [0.05, 0.1) is 13.2 Å². The van der Waals surface area contributed by atoms with Crippen molar-refractivity contribution >= 4 is 5.97 Å². The third-order valence-electron chi connectivity index (χ3n) is 4.26. The number of methoxy groups -OCH3 is 1. The van der Waals surface area contributed by atoms with Crippen LogP contribution >= 0.6 is 0 Å². The maximum atomic E-state index is 11.5. The number of hydrogen-bond acceptors (Lipinski definition) is 3. The fourth-order valence-electron chi connectivity index (χ4n) is 3.45. The molecule has 2 aliphatic carbocycles. The largest absolute Gasteiger partial charge is 0.466 e. The number of esters is 1.